The number of carbonyl (C=O) groups is 2. The predicted octanol–water partition coefficient (Wildman–Crippen LogP) is 1.98. The normalized spacial score (nSPS) is 39.4. The first-order chi connectivity index (χ1) is 9.12. The molecule has 4 heteroatoms. The van der Waals surface area contributed by atoms with Crippen molar-refractivity contribution in [1.82, 2.24) is 4.90 Å². The van der Waals surface area contributed by atoms with Crippen LogP contribution in [0.5, 0.6) is 0 Å². The molecule has 0 N–H and O–H groups in total. The van der Waals surface area contributed by atoms with Gasteiger partial charge >= 0.3 is 0 Å². The summed E-state index contributed by atoms with van der Waals surface area (Å²) in [7, 11) is 0. The SMILES string of the molecule is C[C@]12C(=O)N(Cc3ccco3)C(=O)[C@H]1[C@H]1C=C[C@H]2C1. The minimum Gasteiger partial charge on any atom is -0.467 e. The van der Waals surface area contributed by atoms with E-state index in [1.807, 2.05) is 6.92 Å². The zero-order valence-electron chi connectivity index (χ0n) is 10.7. The van der Waals surface area contributed by atoms with Gasteiger partial charge in [0, 0.05) is 0 Å². The largest absolute Gasteiger partial charge is 0.467 e. The highest BCUT2D eigenvalue weighted by Crippen LogP contribution is 2.60. The predicted molar refractivity (Wildman–Crippen MR) is 66.6 cm³/mol. The van der Waals surface area contributed by atoms with Gasteiger partial charge in [-0.3, -0.25) is 14.5 Å². The van der Waals surface area contributed by atoms with E-state index in [4.69, 9.17) is 4.42 Å². The number of imide groups is 1. The van der Waals surface area contributed by atoms with Crippen LogP contribution in [0.3, 0.4) is 0 Å². The second-order valence-corrected chi connectivity index (χ2v) is 5.96. The van der Waals surface area contributed by atoms with Crippen molar-refractivity contribution in [2.45, 2.75) is 19.9 Å². The lowest BCUT2D eigenvalue weighted by atomic mass is 9.71. The summed E-state index contributed by atoms with van der Waals surface area (Å²) < 4.78 is 5.25. The Labute approximate surface area is 111 Å². The summed E-state index contributed by atoms with van der Waals surface area (Å²) in [5, 5.41) is 0. The number of rotatable bonds is 2. The Hall–Kier alpha value is -1.84. The lowest BCUT2D eigenvalue weighted by Crippen LogP contribution is -2.37. The van der Waals surface area contributed by atoms with E-state index >= 15 is 0 Å². The third-order valence-electron chi connectivity index (χ3n) is 5.09. The van der Waals surface area contributed by atoms with Gasteiger partial charge in [0.1, 0.15) is 5.76 Å². The maximum Gasteiger partial charge on any atom is 0.236 e. The maximum atomic E-state index is 12.7. The summed E-state index contributed by atoms with van der Waals surface area (Å²) in [6.07, 6.45) is 6.74. The van der Waals surface area contributed by atoms with E-state index in [0.717, 1.165) is 6.42 Å². The number of likely N-dealkylation sites (tertiary alicyclic amines) is 1. The summed E-state index contributed by atoms with van der Waals surface area (Å²) in [6, 6.07) is 3.57. The van der Waals surface area contributed by atoms with Gasteiger partial charge in [0.05, 0.1) is 24.1 Å². The monoisotopic (exact) mass is 257 g/mol. The summed E-state index contributed by atoms with van der Waals surface area (Å²) >= 11 is 0. The van der Waals surface area contributed by atoms with Gasteiger partial charge in [0.15, 0.2) is 0 Å². The van der Waals surface area contributed by atoms with Gasteiger partial charge in [0.25, 0.3) is 0 Å². The van der Waals surface area contributed by atoms with Crippen LogP contribution in [-0.4, -0.2) is 16.7 Å². The van der Waals surface area contributed by atoms with Crippen molar-refractivity contribution < 1.29 is 14.0 Å². The van der Waals surface area contributed by atoms with Crippen molar-refractivity contribution >= 4 is 11.8 Å². The summed E-state index contributed by atoms with van der Waals surface area (Å²) in [5.74, 6) is 0.903. The van der Waals surface area contributed by atoms with E-state index in [0.29, 0.717) is 5.76 Å². The second kappa shape index (κ2) is 3.38. The molecule has 1 aromatic heterocycles. The zero-order valence-corrected chi connectivity index (χ0v) is 10.7. The second-order valence-electron chi connectivity index (χ2n) is 5.96. The number of fused-ring (bicyclic) bond motifs is 5. The van der Waals surface area contributed by atoms with E-state index in [1.165, 1.54) is 4.90 Å². The molecule has 2 bridgehead atoms. The maximum absolute atomic E-state index is 12.7. The molecule has 2 amide bonds. The third kappa shape index (κ3) is 1.19. The lowest BCUT2D eigenvalue weighted by molar-refractivity contribution is -0.143. The molecule has 0 unspecified atom stereocenters. The molecule has 0 radical (unpaired) electrons. The van der Waals surface area contributed by atoms with Crippen LogP contribution in [0.2, 0.25) is 0 Å². The van der Waals surface area contributed by atoms with Crippen LogP contribution in [0.4, 0.5) is 0 Å². The quantitative estimate of drug-likeness (QED) is 0.601. The minimum atomic E-state index is -0.525. The molecule has 2 fully saturated rings. The number of allylic oxidation sites excluding steroid dienone is 2. The van der Waals surface area contributed by atoms with Crippen LogP contribution >= 0.6 is 0 Å². The van der Waals surface area contributed by atoms with Crippen molar-refractivity contribution in [3.63, 3.8) is 0 Å². The van der Waals surface area contributed by atoms with Crippen molar-refractivity contribution in [3.8, 4) is 0 Å². The van der Waals surface area contributed by atoms with Gasteiger partial charge in [0.2, 0.25) is 11.8 Å². The topological polar surface area (TPSA) is 50.5 Å². The molecule has 1 aliphatic heterocycles. The van der Waals surface area contributed by atoms with Gasteiger partial charge in [-0.25, -0.2) is 0 Å². The van der Waals surface area contributed by atoms with Crippen molar-refractivity contribution in [3.05, 3.63) is 36.3 Å². The Bertz CT molecular complexity index is 589. The molecular formula is C15H15NO3. The average molecular weight is 257 g/mol. The molecule has 2 heterocycles. The van der Waals surface area contributed by atoms with E-state index in [1.54, 1.807) is 18.4 Å². The third-order valence-corrected chi connectivity index (χ3v) is 5.09. The van der Waals surface area contributed by atoms with E-state index < -0.39 is 5.41 Å². The highest BCUT2D eigenvalue weighted by Gasteiger charge is 2.67. The number of amides is 2. The van der Waals surface area contributed by atoms with Crippen LogP contribution in [-0.2, 0) is 16.1 Å². The Balaban J connectivity index is 1.70. The first kappa shape index (κ1) is 11.0. The molecule has 4 atom stereocenters. The lowest BCUT2D eigenvalue weighted by Gasteiger charge is -2.28. The fraction of sp³-hybridized carbons (Fsp3) is 0.467. The number of carbonyl (C=O) groups excluding carboxylic acids is 2. The van der Waals surface area contributed by atoms with Gasteiger partial charge in [-0.2, -0.15) is 0 Å². The summed E-state index contributed by atoms with van der Waals surface area (Å²) in [6.45, 7) is 2.21. The molecule has 98 valence electrons. The van der Waals surface area contributed by atoms with Crippen LogP contribution in [0.1, 0.15) is 19.1 Å². The van der Waals surface area contributed by atoms with E-state index in [9.17, 15) is 9.59 Å². The average Bonchev–Trinajstić information content (AvgIpc) is 3.12. The molecule has 1 saturated carbocycles. The van der Waals surface area contributed by atoms with Crippen LogP contribution in [0.15, 0.2) is 35.0 Å². The van der Waals surface area contributed by atoms with E-state index in [-0.39, 0.29) is 36.1 Å². The molecule has 0 spiro atoms. The Morgan fingerprint density at radius 2 is 2.26 bits per heavy atom. The number of nitrogens with zero attached hydrogens (tertiary/aromatic N) is 1. The molecule has 19 heavy (non-hydrogen) atoms. The van der Waals surface area contributed by atoms with Crippen molar-refractivity contribution in [2.75, 3.05) is 0 Å². The van der Waals surface area contributed by atoms with Crippen LogP contribution < -0.4 is 0 Å². The number of hydrogen-bond donors (Lipinski definition) is 0. The van der Waals surface area contributed by atoms with Gasteiger partial charge in [-0.05, 0) is 37.3 Å². The smallest absolute Gasteiger partial charge is 0.236 e. The van der Waals surface area contributed by atoms with Gasteiger partial charge in [-0.15, -0.1) is 0 Å². The highest BCUT2D eigenvalue weighted by molar-refractivity contribution is 6.08. The molecule has 0 aromatic carbocycles. The minimum absolute atomic E-state index is 0.0271. The highest BCUT2D eigenvalue weighted by atomic mass is 16.3. The number of hydrogen-bond acceptors (Lipinski definition) is 3. The van der Waals surface area contributed by atoms with Crippen molar-refractivity contribution in [2.24, 2.45) is 23.2 Å². The molecule has 1 saturated heterocycles. The van der Waals surface area contributed by atoms with Crippen LogP contribution in [0, 0.1) is 23.2 Å². The first-order valence-corrected chi connectivity index (χ1v) is 6.69. The first-order valence-electron chi connectivity index (χ1n) is 6.69. The molecule has 2 aliphatic carbocycles. The zero-order chi connectivity index (χ0) is 13.2. The molecule has 3 aliphatic rings. The summed E-state index contributed by atoms with van der Waals surface area (Å²) in [5.41, 5.74) is -0.525. The number of furan rings is 1. The molecule has 4 nitrogen and oxygen atoms in total. The summed E-state index contributed by atoms with van der Waals surface area (Å²) in [4.78, 5) is 26.6. The fourth-order valence-electron chi connectivity index (χ4n) is 4.09. The Kier molecular flexibility index (Phi) is 1.96. The van der Waals surface area contributed by atoms with Crippen LogP contribution in [0.25, 0.3) is 0 Å². The van der Waals surface area contributed by atoms with Gasteiger partial charge in [-0.1, -0.05) is 12.2 Å². The molecule has 1 aromatic rings. The fourth-order valence-corrected chi connectivity index (χ4v) is 4.09. The van der Waals surface area contributed by atoms with Crippen molar-refractivity contribution in [1.29, 1.82) is 0 Å². The molecule has 4 rings (SSSR count). The Morgan fingerprint density at radius 1 is 1.42 bits per heavy atom. The van der Waals surface area contributed by atoms with E-state index in [2.05, 4.69) is 12.2 Å². The molecular weight excluding hydrogens is 242 g/mol. The standard InChI is InChI=1S/C15H15NO3/c1-15-10-5-4-9(7-10)12(15)13(17)16(14(15)18)8-11-3-2-6-19-11/h2-6,9-10,12H,7-8H2,1H3/t9-,10-,12+,15+/m0/s1. The van der Waals surface area contributed by atoms with Gasteiger partial charge < -0.3 is 4.42 Å². The Morgan fingerprint density at radius 3 is 2.95 bits per heavy atom.